The molecule has 2 unspecified atom stereocenters. The van der Waals surface area contributed by atoms with Gasteiger partial charge < -0.3 is 5.32 Å². The molecule has 1 aliphatic heterocycles. The Bertz CT molecular complexity index is 555. The van der Waals surface area contributed by atoms with Crippen molar-refractivity contribution < 1.29 is 8.42 Å². The molecule has 8 heteroatoms. The molecular formula is C13H19Cl3N2O2S. The van der Waals surface area contributed by atoms with Gasteiger partial charge >= 0.3 is 0 Å². The molecule has 1 aliphatic rings. The Balaban J connectivity index is 0.00000220. The number of piperidine rings is 1. The van der Waals surface area contributed by atoms with E-state index in [1.807, 2.05) is 6.92 Å². The van der Waals surface area contributed by atoms with E-state index in [1.165, 1.54) is 12.1 Å². The largest absolute Gasteiger partial charge is 0.316 e. The summed E-state index contributed by atoms with van der Waals surface area (Å²) >= 11 is 11.9. The van der Waals surface area contributed by atoms with Gasteiger partial charge in [0.05, 0.1) is 10.0 Å². The predicted octanol–water partition coefficient (Wildman–Crippen LogP) is 3.08. The molecule has 0 amide bonds. The van der Waals surface area contributed by atoms with Crippen LogP contribution in [-0.2, 0) is 10.0 Å². The van der Waals surface area contributed by atoms with E-state index in [0.29, 0.717) is 0 Å². The van der Waals surface area contributed by atoms with Crippen LogP contribution in [0.1, 0.15) is 19.8 Å². The molecule has 21 heavy (non-hydrogen) atoms. The van der Waals surface area contributed by atoms with Gasteiger partial charge in [-0.15, -0.1) is 12.4 Å². The van der Waals surface area contributed by atoms with E-state index >= 15 is 0 Å². The van der Waals surface area contributed by atoms with Crippen LogP contribution >= 0.6 is 35.6 Å². The first kappa shape index (κ1) is 19.0. The lowest BCUT2D eigenvalue weighted by Crippen LogP contribution is -2.44. The fraction of sp³-hybridized carbons (Fsp3) is 0.538. The van der Waals surface area contributed by atoms with Crippen LogP contribution in [0.5, 0.6) is 0 Å². The van der Waals surface area contributed by atoms with Gasteiger partial charge in [0.1, 0.15) is 4.90 Å². The summed E-state index contributed by atoms with van der Waals surface area (Å²) in [6.07, 6.45) is 2.07. The number of hydrogen-bond donors (Lipinski definition) is 2. The van der Waals surface area contributed by atoms with Gasteiger partial charge in [-0.05, 0) is 50.9 Å². The molecule has 1 fully saturated rings. The number of hydrogen-bond acceptors (Lipinski definition) is 3. The second-order valence-corrected chi connectivity index (χ2v) is 7.53. The number of halogens is 3. The number of sulfonamides is 1. The molecule has 2 N–H and O–H groups in total. The summed E-state index contributed by atoms with van der Waals surface area (Å²) in [7, 11) is -3.71. The Morgan fingerprint density at radius 3 is 2.48 bits per heavy atom. The fourth-order valence-electron chi connectivity index (χ4n) is 2.44. The zero-order valence-electron chi connectivity index (χ0n) is 11.6. The number of rotatable bonds is 4. The van der Waals surface area contributed by atoms with E-state index in [9.17, 15) is 8.42 Å². The standard InChI is InChI=1S/C13H18Cl2N2O2S.ClH/c1-9(10-4-3-7-16-8-10)17-20(18,19)13-11(14)5-2-6-12(13)15;/h2,5-6,9-10,16-17H,3-4,7-8H2,1H3;1H. The Labute approximate surface area is 142 Å². The minimum Gasteiger partial charge on any atom is -0.316 e. The van der Waals surface area contributed by atoms with Crippen molar-refractivity contribution in [3.63, 3.8) is 0 Å². The molecule has 0 aromatic heterocycles. The smallest absolute Gasteiger partial charge is 0.243 e. The van der Waals surface area contributed by atoms with E-state index in [2.05, 4.69) is 10.0 Å². The Morgan fingerprint density at radius 1 is 1.33 bits per heavy atom. The van der Waals surface area contributed by atoms with Crippen LogP contribution < -0.4 is 10.0 Å². The Morgan fingerprint density at radius 2 is 1.95 bits per heavy atom. The molecule has 0 bridgehead atoms. The number of nitrogens with one attached hydrogen (secondary N) is 2. The van der Waals surface area contributed by atoms with E-state index in [4.69, 9.17) is 23.2 Å². The summed E-state index contributed by atoms with van der Waals surface area (Å²) < 4.78 is 27.5. The minimum atomic E-state index is -3.71. The molecular weight excluding hydrogens is 355 g/mol. The average molecular weight is 374 g/mol. The lowest BCUT2D eigenvalue weighted by atomic mass is 9.94. The summed E-state index contributed by atoms with van der Waals surface area (Å²) in [4.78, 5) is -0.0426. The van der Waals surface area contributed by atoms with Crippen molar-refractivity contribution in [3.8, 4) is 0 Å². The maximum Gasteiger partial charge on any atom is 0.243 e. The Kier molecular flexibility index (Phi) is 7.24. The molecule has 0 saturated carbocycles. The molecule has 0 radical (unpaired) electrons. The third kappa shape index (κ3) is 4.71. The predicted molar refractivity (Wildman–Crippen MR) is 89.1 cm³/mol. The third-order valence-corrected chi connectivity index (χ3v) is 6.08. The van der Waals surface area contributed by atoms with Crippen LogP contribution in [0.2, 0.25) is 10.0 Å². The Hall–Kier alpha value is -0.0400. The summed E-state index contributed by atoms with van der Waals surface area (Å²) in [5.74, 6) is 0.278. The SMILES string of the molecule is CC(NS(=O)(=O)c1c(Cl)cccc1Cl)C1CCCNC1.Cl. The summed E-state index contributed by atoms with van der Waals surface area (Å²) in [6.45, 7) is 3.69. The molecule has 1 heterocycles. The van der Waals surface area contributed by atoms with Crippen molar-refractivity contribution >= 4 is 45.6 Å². The highest BCUT2D eigenvalue weighted by Crippen LogP contribution is 2.29. The first-order valence-electron chi connectivity index (χ1n) is 6.59. The fourth-order valence-corrected chi connectivity index (χ4v) is 4.90. The average Bonchev–Trinajstić information content (AvgIpc) is 2.38. The maximum absolute atomic E-state index is 12.4. The van der Waals surface area contributed by atoms with Gasteiger partial charge in [-0.1, -0.05) is 29.3 Å². The van der Waals surface area contributed by atoms with Gasteiger partial charge in [-0.3, -0.25) is 0 Å². The van der Waals surface area contributed by atoms with Gasteiger partial charge in [-0.2, -0.15) is 0 Å². The number of benzene rings is 1. The molecule has 1 saturated heterocycles. The molecule has 1 aromatic carbocycles. The van der Waals surface area contributed by atoms with E-state index in [1.54, 1.807) is 6.07 Å². The van der Waals surface area contributed by atoms with E-state index in [-0.39, 0.29) is 39.3 Å². The molecule has 2 rings (SSSR count). The third-order valence-electron chi connectivity index (χ3n) is 3.57. The van der Waals surface area contributed by atoms with Crippen LogP contribution in [0, 0.1) is 5.92 Å². The highest BCUT2D eigenvalue weighted by molar-refractivity contribution is 7.89. The summed E-state index contributed by atoms with van der Waals surface area (Å²) in [5.41, 5.74) is 0. The zero-order chi connectivity index (χ0) is 14.8. The van der Waals surface area contributed by atoms with Crippen LogP contribution in [-0.4, -0.2) is 27.5 Å². The zero-order valence-corrected chi connectivity index (χ0v) is 14.7. The normalized spacial score (nSPS) is 20.6. The quantitative estimate of drug-likeness (QED) is 0.852. The van der Waals surface area contributed by atoms with Gasteiger partial charge in [-0.25, -0.2) is 13.1 Å². The van der Waals surface area contributed by atoms with Crippen molar-refractivity contribution in [1.82, 2.24) is 10.0 Å². The van der Waals surface area contributed by atoms with E-state index in [0.717, 1.165) is 25.9 Å². The summed E-state index contributed by atoms with van der Waals surface area (Å²) in [6, 6.07) is 4.50. The first-order valence-corrected chi connectivity index (χ1v) is 8.83. The summed E-state index contributed by atoms with van der Waals surface area (Å²) in [5, 5.41) is 3.55. The lowest BCUT2D eigenvalue weighted by Gasteiger charge is -2.28. The van der Waals surface area contributed by atoms with Crippen molar-refractivity contribution in [2.75, 3.05) is 13.1 Å². The van der Waals surface area contributed by atoms with Gasteiger partial charge in [0.15, 0.2) is 0 Å². The van der Waals surface area contributed by atoms with Crippen LogP contribution in [0.4, 0.5) is 0 Å². The maximum atomic E-state index is 12.4. The molecule has 0 aliphatic carbocycles. The van der Waals surface area contributed by atoms with Crippen LogP contribution in [0.15, 0.2) is 23.1 Å². The molecule has 120 valence electrons. The topological polar surface area (TPSA) is 58.2 Å². The monoisotopic (exact) mass is 372 g/mol. The van der Waals surface area contributed by atoms with Crippen molar-refractivity contribution in [2.45, 2.75) is 30.7 Å². The van der Waals surface area contributed by atoms with E-state index < -0.39 is 10.0 Å². The van der Waals surface area contributed by atoms with Gasteiger partial charge in [0.2, 0.25) is 10.0 Å². The van der Waals surface area contributed by atoms with Gasteiger partial charge in [0, 0.05) is 6.04 Å². The molecule has 0 spiro atoms. The second-order valence-electron chi connectivity index (χ2n) is 5.07. The molecule has 2 atom stereocenters. The van der Waals surface area contributed by atoms with Gasteiger partial charge in [0.25, 0.3) is 0 Å². The highest BCUT2D eigenvalue weighted by atomic mass is 35.5. The van der Waals surface area contributed by atoms with Crippen molar-refractivity contribution in [3.05, 3.63) is 28.2 Å². The van der Waals surface area contributed by atoms with Crippen molar-refractivity contribution in [1.29, 1.82) is 0 Å². The minimum absolute atomic E-state index is 0. The van der Waals surface area contributed by atoms with Crippen LogP contribution in [0.25, 0.3) is 0 Å². The molecule has 1 aromatic rings. The first-order chi connectivity index (χ1) is 9.42. The second kappa shape index (κ2) is 7.99. The molecule has 4 nitrogen and oxygen atoms in total. The van der Waals surface area contributed by atoms with Crippen LogP contribution in [0.3, 0.4) is 0 Å². The highest BCUT2D eigenvalue weighted by Gasteiger charge is 2.27. The van der Waals surface area contributed by atoms with Crippen molar-refractivity contribution in [2.24, 2.45) is 5.92 Å². The lowest BCUT2D eigenvalue weighted by molar-refractivity contribution is 0.320.